The van der Waals surface area contributed by atoms with Crippen molar-refractivity contribution >= 4 is 11.9 Å². The second-order valence-electron chi connectivity index (χ2n) is 4.18. The molecule has 0 spiro atoms. The summed E-state index contributed by atoms with van der Waals surface area (Å²) in [5.41, 5.74) is 5.61. The van der Waals surface area contributed by atoms with Gasteiger partial charge in [0.15, 0.2) is 0 Å². The summed E-state index contributed by atoms with van der Waals surface area (Å²) in [5, 5.41) is 10.9. The van der Waals surface area contributed by atoms with Gasteiger partial charge in [0.05, 0.1) is 6.61 Å². The molecule has 20 heavy (non-hydrogen) atoms. The minimum absolute atomic E-state index is 0.132. The summed E-state index contributed by atoms with van der Waals surface area (Å²) in [4.78, 5) is 12.0. The summed E-state index contributed by atoms with van der Waals surface area (Å²) in [5.74, 6) is 1.40. The maximum Gasteiger partial charge on any atom is 0.323 e. The van der Waals surface area contributed by atoms with E-state index < -0.39 is 0 Å². The third-order valence-corrected chi connectivity index (χ3v) is 2.50. The fourth-order valence-electron chi connectivity index (χ4n) is 1.53. The van der Waals surface area contributed by atoms with Crippen molar-refractivity contribution in [3.05, 3.63) is 12.2 Å². The lowest BCUT2D eigenvalue weighted by molar-refractivity contribution is 0.292. The number of aryl methyl sites for hydroxylation is 1. The van der Waals surface area contributed by atoms with Crippen LogP contribution in [0.5, 0.6) is 6.01 Å². The van der Waals surface area contributed by atoms with Gasteiger partial charge in [-0.2, -0.15) is 15.0 Å². The largest absolute Gasteiger partial charge is 0.463 e. The molecule has 0 radical (unpaired) electrons. The first-order valence-electron chi connectivity index (χ1n) is 6.40. The van der Waals surface area contributed by atoms with Gasteiger partial charge >= 0.3 is 6.01 Å². The molecule has 9 heteroatoms. The number of hydrogen-bond acceptors (Lipinski definition) is 8. The van der Waals surface area contributed by atoms with E-state index in [2.05, 4.69) is 30.5 Å². The molecule has 108 valence electrons. The average molecular weight is 278 g/mol. The summed E-state index contributed by atoms with van der Waals surface area (Å²) in [6.07, 6.45) is 3.24. The molecule has 2 heterocycles. The van der Waals surface area contributed by atoms with Crippen LogP contribution in [-0.4, -0.2) is 42.9 Å². The van der Waals surface area contributed by atoms with Crippen molar-refractivity contribution in [3.8, 4) is 6.01 Å². The van der Waals surface area contributed by atoms with Crippen LogP contribution in [0.15, 0.2) is 6.33 Å². The van der Waals surface area contributed by atoms with Gasteiger partial charge in [0.1, 0.15) is 12.2 Å². The fraction of sp³-hybridized carbons (Fsp3) is 0.545. The number of hydrogen-bond donors (Lipinski definition) is 2. The van der Waals surface area contributed by atoms with E-state index in [4.69, 9.17) is 10.5 Å². The fourth-order valence-corrected chi connectivity index (χ4v) is 1.53. The van der Waals surface area contributed by atoms with E-state index in [1.54, 1.807) is 6.33 Å². The molecule has 0 amide bonds. The Hall–Kier alpha value is -2.45. The lowest BCUT2D eigenvalue weighted by atomic mass is 10.4. The van der Waals surface area contributed by atoms with Crippen molar-refractivity contribution in [3.63, 3.8) is 0 Å². The van der Waals surface area contributed by atoms with Crippen LogP contribution in [-0.2, 0) is 13.5 Å². The molecule has 0 atom stereocenters. The number of nitrogens with one attached hydrogen (secondary N) is 1. The van der Waals surface area contributed by atoms with Gasteiger partial charge in [0, 0.05) is 20.0 Å². The second-order valence-corrected chi connectivity index (χ2v) is 4.18. The monoisotopic (exact) mass is 278 g/mol. The third kappa shape index (κ3) is 3.77. The van der Waals surface area contributed by atoms with E-state index in [1.807, 2.05) is 18.5 Å². The number of rotatable bonds is 7. The van der Waals surface area contributed by atoms with E-state index in [-0.39, 0.29) is 12.0 Å². The number of nitrogens with two attached hydrogens (primary N) is 1. The van der Waals surface area contributed by atoms with Crippen LogP contribution >= 0.6 is 0 Å². The van der Waals surface area contributed by atoms with Gasteiger partial charge < -0.3 is 20.4 Å². The first-order valence-corrected chi connectivity index (χ1v) is 6.40. The molecule has 2 rings (SSSR count). The lowest BCUT2D eigenvalue weighted by Crippen LogP contribution is -2.13. The van der Waals surface area contributed by atoms with Gasteiger partial charge in [-0.1, -0.05) is 6.92 Å². The third-order valence-electron chi connectivity index (χ3n) is 2.50. The summed E-state index contributed by atoms with van der Waals surface area (Å²) >= 11 is 0. The first-order chi connectivity index (χ1) is 9.69. The number of nitrogens with zero attached hydrogens (tertiary/aromatic N) is 6. The minimum atomic E-state index is 0.132. The molecule has 0 fully saturated rings. The standard InChI is InChI=1S/C11H18N8O/c1-3-6-20-11-16-9(12)15-10(17-11)13-5-4-8-18-14-7-19(8)2/h7H,3-6H2,1-2H3,(H3,12,13,15,16,17). The van der Waals surface area contributed by atoms with E-state index in [0.717, 1.165) is 12.2 Å². The maximum atomic E-state index is 5.61. The zero-order chi connectivity index (χ0) is 14.4. The highest BCUT2D eigenvalue weighted by atomic mass is 16.5. The van der Waals surface area contributed by atoms with E-state index in [9.17, 15) is 0 Å². The predicted octanol–water partition coefficient (Wildman–Crippen LogP) is 0.0257. The van der Waals surface area contributed by atoms with E-state index in [0.29, 0.717) is 25.5 Å². The van der Waals surface area contributed by atoms with Crippen LogP contribution < -0.4 is 15.8 Å². The predicted molar refractivity (Wildman–Crippen MR) is 73.2 cm³/mol. The molecule has 0 bridgehead atoms. The van der Waals surface area contributed by atoms with Crippen molar-refractivity contribution in [2.75, 3.05) is 24.2 Å². The second kappa shape index (κ2) is 6.64. The highest BCUT2D eigenvalue weighted by Crippen LogP contribution is 2.09. The van der Waals surface area contributed by atoms with Crippen molar-refractivity contribution in [1.82, 2.24) is 29.7 Å². The van der Waals surface area contributed by atoms with E-state index in [1.165, 1.54) is 0 Å². The Morgan fingerprint density at radius 1 is 1.35 bits per heavy atom. The Morgan fingerprint density at radius 3 is 2.90 bits per heavy atom. The highest BCUT2D eigenvalue weighted by Gasteiger charge is 2.06. The molecule has 2 aromatic rings. The van der Waals surface area contributed by atoms with Gasteiger partial charge in [-0.15, -0.1) is 10.2 Å². The number of nitrogen functional groups attached to an aromatic ring is 1. The highest BCUT2D eigenvalue weighted by molar-refractivity contribution is 5.32. The van der Waals surface area contributed by atoms with Crippen molar-refractivity contribution < 1.29 is 4.74 Å². The quantitative estimate of drug-likeness (QED) is 0.728. The SMILES string of the molecule is CCCOc1nc(N)nc(NCCc2nncn2C)n1. The Balaban J connectivity index is 1.91. The zero-order valence-electron chi connectivity index (χ0n) is 11.6. The molecular weight excluding hydrogens is 260 g/mol. The van der Waals surface area contributed by atoms with Crippen LogP contribution in [0.4, 0.5) is 11.9 Å². The van der Waals surface area contributed by atoms with E-state index >= 15 is 0 Å². The number of anilines is 2. The molecule has 0 unspecified atom stereocenters. The summed E-state index contributed by atoms with van der Waals surface area (Å²) in [6, 6.07) is 0.237. The lowest BCUT2D eigenvalue weighted by Gasteiger charge is -2.07. The summed E-state index contributed by atoms with van der Waals surface area (Å²) in [7, 11) is 1.90. The van der Waals surface area contributed by atoms with Gasteiger partial charge in [-0.05, 0) is 6.42 Å². The van der Waals surface area contributed by atoms with Crippen LogP contribution in [0, 0.1) is 0 Å². The Bertz CT molecular complexity index is 555. The van der Waals surface area contributed by atoms with Gasteiger partial charge in [0.2, 0.25) is 11.9 Å². The molecule has 9 nitrogen and oxygen atoms in total. The van der Waals surface area contributed by atoms with Gasteiger partial charge in [-0.25, -0.2) is 0 Å². The van der Waals surface area contributed by atoms with Crippen LogP contribution in [0.25, 0.3) is 0 Å². The Labute approximate surface area is 116 Å². The van der Waals surface area contributed by atoms with Crippen LogP contribution in [0.1, 0.15) is 19.2 Å². The molecule has 0 aromatic carbocycles. The summed E-state index contributed by atoms with van der Waals surface area (Å²) in [6.45, 7) is 3.16. The molecule has 0 aliphatic carbocycles. The van der Waals surface area contributed by atoms with Crippen LogP contribution in [0.3, 0.4) is 0 Å². The number of aromatic nitrogens is 6. The Morgan fingerprint density at radius 2 is 2.20 bits per heavy atom. The summed E-state index contributed by atoms with van der Waals surface area (Å²) < 4.78 is 7.20. The minimum Gasteiger partial charge on any atom is -0.463 e. The maximum absolute atomic E-state index is 5.61. The zero-order valence-corrected chi connectivity index (χ0v) is 11.6. The van der Waals surface area contributed by atoms with Gasteiger partial charge in [0.25, 0.3) is 0 Å². The molecule has 0 aliphatic heterocycles. The topological polar surface area (TPSA) is 117 Å². The molecule has 0 saturated heterocycles. The average Bonchev–Trinajstić information content (AvgIpc) is 2.82. The normalized spacial score (nSPS) is 10.5. The van der Waals surface area contributed by atoms with Crippen molar-refractivity contribution in [2.45, 2.75) is 19.8 Å². The smallest absolute Gasteiger partial charge is 0.323 e. The first kappa shape index (κ1) is 14.0. The molecule has 2 aromatic heterocycles. The molecule has 0 saturated carbocycles. The molecule has 3 N–H and O–H groups in total. The molecular formula is C11H18N8O. The van der Waals surface area contributed by atoms with Crippen LogP contribution in [0.2, 0.25) is 0 Å². The molecule has 0 aliphatic rings. The van der Waals surface area contributed by atoms with Crippen molar-refractivity contribution in [1.29, 1.82) is 0 Å². The number of ether oxygens (including phenoxy) is 1. The Kier molecular flexibility index (Phi) is 4.64. The van der Waals surface area contributed by atoms with Crippen molar-refractivity contribution in [2.24, 2.45) is 7.05 Å². The van der Waals surface area contributed by atoms with Gasteiger partial charge in [-0.3, -0.25) is 0 Å².